The van der Waals surface area contributed by atoms with Gasteiger partial charge >= 0.3 is 0 Å². The van der Waals surface area contributed by atoms with Gasteiger partial charge in [0.15, 0.2) is 5.78 Å². The predicted molar refractivity (Wildman–Crippen MR) is 57.7 cm³/mol. The summed E-state index contributed by atoms with van der Waals surface area (Å²) in [5, 5.41) is 0. The zero-order valence-electron chi connectivity index (χ0n) is 9.39. The fourth-order valence-electron chi connectivity index (χ4n) is 1.12. The summed E-state index contributed by atoms with van der Waals surface area (Å²) in [4.78, 5) is 11.3. The average molecular weight is 182 g/mol. The van der Waals surface area contributed by atoms with Gasteiger partial charge in [-0.25, -0.2) is 0 Å². The Labute approximate surface area is 82.2 Å². The monoisotopic (exact) mass is 182 g/mol. The second-order valence-electron chi connectivity index (χ2n) is 4.75. The van der Waals surface area contributed by atoms with Crippen molar-refractivity contribution in [1.29, 1.82) is 0 Å². The molecule has 0 radical (unpaired) electrons. The van der Waals surface area contributed by atoms with Crippen LogP contribution in [0.4, 0.5) is 0 Å². The van der Waals surface area contributed by atoms with Gasteiger partial charge in [-0.15, -0.1) is 0 Å². The quantitative estimate of drug-likeness (QED) is 0.467. The number of hydrogen-bond acceptors (Lipinski definition) is 1. The number of rotatable bonds is 5. The molecule has 0 fully saturated rings. The van der Waals surface area contributed by atoms with Gasteiger partial charge in [0.05, 0.1) is 0 Å². The van der Waals surface area contributed by atoms with Gasteiger partial charge in [-0.05, 0) is 17.9 Å². The Kier molecular flexibility index (Phi) is 5.68. The molecule has 0 unspecified atom stereocenters. The largest absolute Gasteiger partial charge is 0.295 e. The smallest absolute Gasteiger partial charge is 0.155 e. The lowest BCUT2D eigenvalue weighted by Crippen LogP contribution is -2.10. The molecule has 0 spiro atoms. The molecule has 0 rings (SSSR count). The summed E-state index contributed by atoms with van der Waals surface area (Å²) < 4.78 is 0. The summed E-state index contributed by atoms with van der Waals surface area (Å²) in [7, 11) is 0. The fourth-order valence-corrected chi connectivity index (χ4v) is 1.12. The molecule has 0 saturated carbocycles. The van der Waals surface area contributed by atoms with Crippen molar-refractivity contribution >= 4 is 5.78 Å². The summed E-state index contributed by atoms with van der Waals surface area (Å²) in [6.45, 7) is 8.42. The Hall–Kier alpha value is -0.590. The van der Waals surface area contributed by atoms with Crippen LogP contribution in [0, 0.1) is 5.41 Å². The van der Waals surface area contributed by atoms with Crippen molar-refractivity contribution in [1.82, 2.24) is 0 Å². The number of carbonyl (C=O) groups excluding carboxylic acids is 1. The zero-order chi connectivity index (χ0) is 10.3. The molecule has 1 nitrogen and oxygen atoms in total. The summed E-state index contributed by atoms with van der Waals surface area (Å²) in [5.74, 6) is 0.253. The van der Waals surface area contributed by atoms with E-state index in [0.717, 1.165) is 6.42 Å². The van der Waals surface area contributed by atoms with Gasteiger partial charge in [0.1, 0.15) is 0 Å². The maximum atomic E-state index is 11.3. The molecular weight excluding hydrogens is 160 g/mol. The molecule has 0 saturated heterocycles. The summed E-state index contributed by atoms with van der Waals surface area (Å²) >= 11 is 0. The minimum Gasteiger partial charge on any atom is -0.295 e. The van der Waals surface area contributed by atoms with Crippen LogP contribution < -0.4 is 0 Å². The lowest BCUT2D eigenvalue weighted by Gasteiger charge is -2.14. The van der Waals surface area contributed by atoms with Crippen LogP contribution in [0.1, 0.15) is 53.4 Å². The minimum absolute atomic E-state index is 0.117. The third kappa shape index (κ3) is 9.32. The van der Waals surface area contributed by atoms with E-state index in [1.165, 1.54) is 12.8 Å². The molecule has 13 heavy (non-hydrogen) atoms. The van der Waals surface area contributed by atoms with Gasteiger partial charge in [-0.3, -0.25) is 4.79 Å². The van der Waals surface area contributed by atoms with Gasteiger partial charge in [0.25, 0.3) is 0 Å². The SMILES string of the molecule is CCCC/C=C\C(=O)CC(C)(C)C. The Morgan fingerprint density at radius 1 is 1.31 bits per heavy atom. The molecule has 0 aromatic carbocycles. The van der Waals surface area contributed by atoms with E-state index in [4.69, 9.17) is 0 Å². The summed E-state index contributed by atoms with van der Waals surface area (Å²) in [6.07, 6.45) is 7.79. The summed E-state index contributed by atoms with van der Waals surface area (Å²) in [5.41, 5.74) is 0.117. The maximum Gasteiger partial charge on any atom is 0.155 e. The van der Waals surface area contributed by atoms with Crippen LogP contribution in [0.5, 0.6) is 0 Å². The molecule has 0 aromatic heterocycles. The Morgan fingerprint density at radius 2 is 1.92 bits per heavy atom. The summed E-state index contributed by atoms with van der Waals surface area (Å²) in [6, 6.07) is 0. The molecule has 0 atom stereocenters. The average Bonchev–Trinajstić information content (AvgIpc) is 1.94. The van der Waals surface area contributed by atoms with Gasteiger partial charge in [0.2, 0.25) is 0 Å². The molecule has 0 bridgehead atoms. The van der Waals surface area contributed by atoms with E-state index in [1.807, 2.05) is 6.08 Å². The molecule has 0 aliphatic heterocycles. The van der Waals surface area contributed by atoms with Crippen LogP contribution in [0.2, 0.25) is 0 Å². The van der Waals surface area contributed by atoms with Crippen molar-refractivity contribution in [3.63, 3.8) is 0 Å². The van der Waals surface area contributed by atoms with E-state index in [-0.39, 0.29) is 11.2 Å². The van der Waals surface area contributed by atoms with Crippen LogP contribution in [0.3, 0.4) is 0 Å². The van der Waals surface area contributed by atoms with Crippen LogP contribution in [-0.4, -0.2) is 5.78 Å². The maximum absolute atomic E-state index is 11.3. The first-order valence-electron chi connectivity index (χ1n) is 5.15. The molecular formula is C12H22O. The number of carbonyl (C=O) groups is 1. The molecule has 76 valence electrons. The fraction of sp³-hybridized carbons (Fsp3) is 0.750. The minimum atomic E-state index is 0.117. The Morgan fingerprint density at radius 3 is 2.38 bits per heavy atom. The predicted octanol–water partition coefficient (Wildman–Crippen LogP) is 3.74. The lowest BCUT2D eigenvalue weighted by atomic mass is 9.90. The van der Waals surface area contributed by atoms with Crippen LogP contribution in [0.15, 0.2) is 12.2 Å². The third-order valence-electron chi connectivity index (χ3n) is 1.73. The Bertz CT molecular complexity index is 172. The topological polar surface area (TPSA) is 17.1 Å². The second kappa shape index (κ2) is 5.95. The van der Waals surface area contributed by atoms with Crippen molar-refractivity contribution in [3.05, 3.63) is 12.2 Å². The van der Waals surface area contributed by atoms with Gasteiger partial charge in [-0.1, -0.05) is 46.6 Å². The van der Waals surface area contributed by atoms with Crippen LogP contribution in [-0.2, 0) is 4.79 Å². The van der Waals surface area contributed by atoms with E-state index >= 15 is 0 Å². The van der Waals surface area contributed by atoms with E-state index in [9.17, 15) is 4.79 Å². The Balaban J connectivity index is 3.68. The molecule has 0 aliphatic rings. The number of ketones is 1. The second-order valence-corrected chi connectivity index (χ2v) is 4.75. The molecule has 0 aliphatic carbocycles. The van der Waals surface area contributed by atoms with E-state index < -0.39 is 0 Å². The number of allylic oxidation sites excluding steroid dienone is 2. The van der Waals surface area contributed by atoms with Crippen molar-refractivity contribution in [2.75, 3.05) is 0 Å². The molecule has 0 heterocycles. The highest BCUT2D eigenvalue weighted by atomic mass is 16.1. The number of unbranched alkanes of at least 4 members (excludes halogenated alkanes) is 2. The zero-order valence-corrected chi connectivity index (χ0v) is 9.39. The highest BCUT2D eigenvalue weighted by molar-refractivity contribution is 5.89. The molecule has 0 aromatic rings. The first kappa shape index (κ1) is 12.4. The highest BCUT2D eigenvalue weighted by Gasteiger charge is 2.13. The van der Waals surface area contributed by atoms with E-state index in [0.29, 0.717) is 6.42 Å². The first-order chi connectivity index (χ1) is 5.95. The molecule has 0 amide bonds. The van der Waals surface area contributed by atoms with E-state index in [2.05, 4.69) is 27.7 Å². The van der Waals surface area contributed by atoms with Gasteiger partial charge < -0.3 is 0 Å². The van der Waals surface area contributed by atoms with Crippen molar-refractivity contribution in [3.8, 4) is 0 Å². The van der Waals surface area contributed by atoms with Gasteiger partial charge in [-0.2, -0.15) is 0 Å². The molecule has 1 heteroatoms. The van der Waals surface area contributed by atoms with Crippen molar-refractivity contribution in [2.45, 2.75) is 53.4 Å². The highest BCUT2D eigenvalue weighted by Crippen LogP contribution is 2.18. The third-order valence-corrected chi connectivity index (χ3v) is 1.73. The normalized spacial score (nSPS) is 12.3. The first-order valence-corrected chi connectivity index (χ1v) is 5.15. The standard InChI is InChI=1S/C12H22O/c1-5-6-7-8-9-11(13)10-12(2,3)4/h8-9H,5-7,10H2,1-4H3/b9-8-. The van der Waals surface area contributed by atoms with Crippen LogP contribution >= 0.6 is 0 Å². The van der Waals surface area contributed by atoms with E-state index in [1.54, 1.807) is 6.08 Å². The van der Waals surface area contributed by atoms with Crippen molar-refractivity contribution in [2.24, 2.45) is 5.41 Å². The van der Waals surface area contributed by atoms with Crippen LogP contribution in [0.25, 0.3) is 0 Å². The van der Waals surface area contributed by atoms with Crippen molar-refractivity contribution < 1.29 is 4.79 Å². The lowest BCUT2D eigenvalue weighted by molar-refractivity contribution is -0.116. The van der Waals surface area contributed by atoms with Gasteiger partial charge in [0, 0.05) is 6.42 Å². The number of hydrogen-bond donors (Lipinski definition) is 0. The molecule has 0 N–H and O–H groups in total.